The van der Waals surface area contributed by atoms with Gasteiger partial charge in [-0.15, -0.1) is 0 Å². The van der Waals surface area contributed by atoms with Gasteiger partial charge in [0.15, 0.2) is 0 Å². The van der Waals surface area contributed by atoms with E-state index >= 15 is 0 Å². The Morgan fingerprint density at radius 1 is 1.04 bits per heavy atom. The lowest BCUT2D eigenvalue weighted by Gasteiger charge is -2.24. The largest absolute Gasteiger partial charge is 0.402 e. The Morgan fingerprint density at radius 2 is 1.70 bits per heavy atom. The van der Waals surface area contributed by atoms with Crippen LogP contribution in [-0.4, -0.2) is 26.8 Å². The summed E-state index contributed by atoms with van der Waals surface area (Å²) >= 11 is 1.63. The molecule has 0 fully saturated rings. The highest BCUT2D eigenvalue weighted by Gasteiger charge is 2.25. The SMILES string of the molecule is C/C(N)=C1/c2ccccc2Sc2ccc(S(=O)(=O)N(C)C)cc21. The fraction of sp³-hybridized carbons (Fsp3) is 0.176. The molecule has 23 heavy (non-hydrogen) atoms. The molecule has 0 saturated carbocycles. The van der Waals surface area contributed by atoms with Crippen LogP contribution in [0.3, 0.4) is 0 Å². The van der Waals surface area contributed by atoms with Crippen molar-refractivity contribution in [2.45, 2.75) is 21.6 Å². The van der Waals surface area contributed by atoms with Crippen LogP contribution in [0.2, 0.25) is 0 Å². The van der Waals surface area contributed by atoms with Crippen LogP contribution in [0, 0.1) is 0 Å². The molecule has 0 unspecified atom stereocenters. The summed E-state index contributed by atoms with van der Waals surface area (Å²) in [5.41, 5.74) is 9.63. The van der Waals surface area contributed by atoms with Crippen LogP contribution in [0.1, 0.15) is 18.1 Å². The average Bonchev–Trinajstić information content (AvgIpc) is 2.51. The van der Waals surface area contributed by atoms with Crippen LogP contribution in [-0.2, 0) is 10.0 Å². The van der Waals surface area contributed by atoms with Gasteiger partial charge in [0, 0.05) is 35.2 Å². The molecule has 2 N–H and O–H groups in total. The van der Waals surface area contributed by atoms with Crippen molar-refractivity contribution in [3.05, 3.63) is 59.3 Å². The van der Waals surface area contributed by atoms with Gasteiger partial charge in [0.2, 0.25) is 10.0 Å². The molecule has 0 atom stereocenters. The Balaban J connectivity index is 2.26. The summed E-state index contributed by atoms with van der Waals surface area (Å²) in [7, 11) is -0.413. The van der Waals surface area contributed by atoms with E-state index < -0.39 is 10.0 Å². The third-order valence-electron chi connectivity index (χ3n) is 3.77. The van der Waals surface area contributed by atoms with Gasteiger partial charge >= 0.3 is 0 Å². The Hall–Kier alpha value is -1.76. The van der Waals surface area contributed by atoms with Gasteiger partial charge in [0.05, 0.1) is 4.90 Å². The first-order valence-electron chi connectivity index (χ1n) is 7.13. The molecule has 1 aliphatic heterocycles. The second kappa shape index (κ2) is 5.70. The molecule has 3 rings (SSSR count). The zero-order valence-corrected chi connectivity index (χ0v) is 14.8. The quantitative estimate of drug-likeness (QED) is 0.774. The first kappa shape index (κ1) is 16.1. The molecule has 0 spiro atoms. The molecule has 2 aromatic rings. The molecule has 0 saturated heterocycles. The lowest BCUT2D eigenvalue weighted by molar-refractivity contribution is 0.520. The topological polar surface area (TPSA) is 63.4 Å². The minimum Gasteiger partial charge on any atom is -0.402 e. The molecule has 0 bridgehead atoms. The number of hydrogen-bond donors (Lipinski definition) is 1. The van der Waals surface area contributed by atoms with E-state index in [9.17, 15) is 8.42 Å². The van der Waals surface area contributed by atoms with Crippen molar-refractivity contribution in [2.24, 2.45) is 5.73 Å². The summed E-state index contributed by atoms with van der Waals surface area (Å²) < 4.78 is 26.0. The number of fused-ring (bicyclic) bond motifs is 2. The maximum Gasteiger partial charge on any atom is 0.242 e. The van der Waals surface area contributed by atoms with Crippen molar-refractivity contribution >= 4 is 27.4 Å². The van der Waals surface area contributed by atoms with Crippen LogP contribution < -0.4 is 5.73 Å². The van der Waals surface area contributed by atoms with Crippen molar-refractivity contribution in [2.75, 3.05) is 14.1 Å². The van der Waals surface area contributed by atoms with Crippen molar-refractivity contribution in [1.82, 2.24) is 4.31 Å². The van der Waals surface area contributed by atoms with Crippen LogP contribution in [0.5, 0.6) is 0 Å². The Bertz CT molecular complexity index is 912. The number of allylic oxidation sites excluding steroid dienone is 1. The second-order valence-electron chi connectivity index (χ2n) is 5.60. The Morgan fingerprint density at radius 3 is 2.35 bits per heavy atom. The summed E-state index contributed by atoms with van der Waals surface area (Å²) in [6.07, 6.45) is 0. The first-order chi connectivity index (χ1) is 10.8. The minimum atomic E-state index is -3.48. The molecular formula is C17H18N2O2S2. The molecule has 6 heteroatoms. The fourth-order valence-electron chi connectivity index (χ4n) is 2.62. The van der Waals surface area contributed by atoms with E-state index in [0.717, 1.165) is 26.5 Å². The average molecular weight is 346 g/mol. The maximum atomic E-state index is 12.4. The molecule has 2 aromatic carbocycles. The van der Waals surface area contributed by atoms with Gasteiger partial charge in [0.1, 0.15) is 0 Å². The van der Waals surface area contributed by atoms with Gasteiger partial charge in [-0.3, -0.25) is 0 Å². The van der Waals surface area contributed by atoms with Gasteiger partial charge in [-0.25, -0.2) is 12.7 Å². The van der Waals surface area contributed by atoms with E-state index in [0.29, 0.717) is 5.70 Å². The van der Waals surface area contributed by atoms with Crippen molar-refractivity contribution < 1.29 is 8.42 Å². The number of nitrogens with two attached hydrogens (primary N) is 1. The minimum absolute atomic E-state index is 0.278. The van der Waals surface area contributed by atoms with Gasteiger partial charge < -0.3 is 5.73 Å². The smallest absolute Gasteiger partial charge is 0.242 e. The maximum absolute atomic E-state index is 12.4. The van der Waals surface area contributed by atoms with E-state index in [-0.39, 0.29) is 4.90 Å². The number of benzene rings is 2. The highest BCUT2D eigenvalue weighted by Crippen LogP contribution is 2.46. The molecule has 4 nitrogen and oxygen atoms in total. The van der Waals surface area contributed by atoms with Crippen LogP contribution in [0.15, 0.2) is 62.8 Å². The summed E-state index contributed by atoms with van der Waals surface area (Å²) in [5.74, 6) is 0. The Kier molecular flexibility index (Phi) is 4.00. The van der Waals surface area contributed by atoms with Crippen LogP contribution in [0.25, 0.3) is 5.57 Å². The lowest BCUT2D eigenvalue weighted by Crippen LogP contribution is -2.22. The van der Waals surface area contributed by atoms with E-state index in [1.807, 2.05) is 31.2 Å². The molecule has 0 aliphatic carbocycles. The van der Waals surface area contributed by atoms with Gasteiger partial charge in [-0.05, 0) is 42.3 Å². The third-order valence-corrected chi connectivity index (χ3v) is 6.73. The van der Waals surface area contributed by atoms with Crippen LogP contribution in [0.4, 0.5) is 0 Å². The Labute approximate surface area is 141 Å². The third kappa shape index (κ3) is 2.67. The van der Waals surface area contributed by atoms with Crippen molar-refractivity contribution in [3.63, 3.8) is 0 Å². The second-order valence-corrected chi connectivity index (χ2v) is 8.84. The summed E-state index contributed by atoms with van der Waals surface area (Å²) in [5, 5.41) is 0. The molecule has 1 aliphatic rings. The molecule has 120 valence electrons. The van der Waals surface area contributed by atoms with Crippen molar-refractivity contribution in [3.8, 4) is 0 Å². The predicted molar refractivity (Wildman–Crippen MR) is 93.8 cm³/mol. The fourth-order valence-corrected chi connectivity index (χ4v) is 4.61. The predicted octanol–water partition coefficient (Wildman–Crippen LogP) is 3.14. The lowest BCUT2D eigenvalue weighted by atomic mass is 9.95. The summed E-state index contributed by atoms with van der Waals surface area (Å²) in [6, 6.07) is 13.3. The van der Waals surface area contributed by atoms with Crippen LogP contribution >= 0.6 is 11.8 Å². The summed E-state index contributed by atoms with van der Waals surface area (Å²) in [6.45, 7) is 1.85. The highest BCUT2D eigenvalue weighted by atomic mass is 32.2. The number of rotatable bonds is 2. The molecule has 1 heterocycles. The van der Waals surface area contributed by atoms with E-state index in [2.05, 4.69) is 6.07 Å². The van der Waals surface area contributed by atoms with Gasteiger partial charge in [-0.1, -0.05) is 30.0 Å². The molecule has 0 aromatic heterocycles. The standard InChI is InChI=1S/C17H18N2O2S2/c1-11(18)17-13-6-4-5-7-15(13)22-16-9-8-12(10-14(16)17)23(20,21)19(2)3/h4-10H,18H2,1-3H3/b17-11+. The molecule has 0 radical (unpaired) electrons. The van der Waals surface area contributed by atoms with Gasteiger partial charge in [-0.2, -0.15) is 0 Å². The van der Waals surface area contributed by atoms with Crippen molar-refractivity contribution in [1.29, 1.82) is 0 Å². The number of nitrogens with zero attached hydrogens (tertiary/aromatic N) is 1. The zero-order chi connectivity index (χ0) is 16.8. The van der Waals surface area contributed by atoms with E-state index in [1.54, 1.807) is 23.9 Å². The summed E-state index contributed by atoms with van der Waals surface area (Å²) in [4.78, 5) is 2.42. The van der Waals surface area contributed by atoms with E-state index in [1.165, 1.54) is 18.4 Å². The molecular weight excluding hydrogens is 328 g/mol. The monoisotopic (exact) mass is 346 g/mol. The highest BCUT2D eigenvalue weighted by molar-refractivity contribution is 7.99. The number of hydrogen-bond acceptors (Lipinski definition) is 4. The first-order valence-corrected chi connectivity index (χ1v) is 9.38. The normalized spacial score (nSPS) is 16.0. The van der Waals surface area contributed by atoms with Gasteiger partial charge in [0.25, 0.3) is 0 Å². The number of sulfonamides is 1. The van der Waals surface area contributed by atoms with E-state index in [4.69, 9.17) is 5.73 Å². The zero-order valence-electron chi connectivity index (χ0n) is 13.2. The molecule has 0 amide bonds.